The Morgan fingerprint density at radius 3 is 2.48 bits per heavy atom. The van der Waals surface area contributed by atoms with Gasteiger partial charge < -0.3 is 10.6 Å². The molecule has 2 N–H and O–H groups in total. The second-order valence-electron chi connectivity index (χ2n) is 6.70. The normalized spacial score (nSPS) is 14.3. The van der Waals surface area contributed by atoms with Gasteiger partial charge in [-0.25, -0.2) is 9.37 Å². The molecule has 1 saturated carbocycles. The number of hydrogen-bond donors (Lipinski definition) is 2. The van der Waals surface area contributed by atoms with Crippen molar-refractivity contribution in [3.8, 4) is 11.3 Å². The highest BCUT2D eigenvalue weighted by Gasteiger charge is 2.17. The molecule has 1 aliphatic rings. The number of nitrogens with zero attached hydrogens (tertiary/aromatic N) is 2. The molecule has 0 unspecified atom stereocenters. The second kappa shape index (κ2) is 8.21. The van der Waals surface area contributed by atoms with Crippen LogP contribution >= 0.6 is 22.6 Å². The fraction of sp³-hybridized carbons (Fsp3) is 0.238. The van der Waals surface area contributed by atoms with E-state index in [0.29, 0.717) is 23.5 Å². The van der Waals surface area contributed by atoms with Gasteiger partial charge >= 0.3 is 0 Å². The van der Waals surface area contributed by atoms with Gasteiger partial charge in [-0.05, 0) is 53.6 Å². The highest BCUT2D eigenvalue weighted by molar-refractivity contribution is 14.1. The van der Waals surface area contributed by atoms with E-state index in [2.05, 4.69) is 43.2 Å². The first-order valence-corrected chi connectivity index (χ1v) is 10.2. The molecule has 1 heterocycles. The van der Waals surface area contributed by atoms with Gasteiger partial charge in [-0.15, -0.1) is 0 Å². The van der Waals surface area contributed by atoms with E-state index in [9.17, 15) is 4.39 Å². The molecule has 2 aromatic carbocycles. The quantitative estimate of drug-likeness (QED) is 0.447. The zero-order valence-corrected chi connectivity index (χ0v) is 16.9. The molecule has 0 aliphatic heterocycles. The van der Waals surface area contributed by atoms with Crippen LogP contribution in [0.4, 0.5) is 21.8 Å². The SMILES string of the molecule is Fc1cc(I)ccc1Nc1cc(-c2ccccc2)nc(NC2CCCC2)n1. The van der Waals surface area contributed by atoms with Gasteiger partial charge in [-0.1, -0.05) is 43.2 Å². The van der Waals surface area contributed by atoms with Crippen molar-refractivity contribution in [1.82, 2.24) is 9.97 Å². The minimum atomic E-state index is -0.299. The van der Waals surface area contributed by atoms with Crippen LogP contribution in [0.15, 0.2) is 54.6 Å². The lowest BCUT2D eigenvalue weighted by molar-refractivity contribution is 0.631. The van der Waals surface area contributed by atoms with Crippen molar-refractivity contribution >= 4 is 40.0 Å². The summed E-state index contributed by atoms with van der Waals surface area (Å²) in [4.78, 5) is 9.27. The van der Waals surface area contributed by atoms with Gasteiger partial charge in [-0.2, -0.15) is 4.98 Å². The summed E-state index contributed by atoms with van der Waals surface area (Å²) < 4.78 is 15.1. The van der Waals surface area contributed by atoms with Crippen molar-refractivity contribution in [1.29, 1.82) is 0 Å². The van der Waals surface area contributed by atoms with Crippen LogP contribution in [-0.2, 0) is 0 Å². The van der Waals surface area contributed by atoms with Crippen LogP contribution in [-0.4, -0.2) is 16.0 Å². The molecule has 4 nitrogen and oxygen atoms in total. The van der Waals surface area contributed by atoms with Crippen LogP contribution in [0.2, 0.25) is 0 Å². The third kappa shape index (κ3) is 4.55. The Morgan fingerprint density at radius 1 is 0.963 bits per heavy atom. The maximum Gasteiger partial charge on any atom is 0.225 e. The van der Waals surface area contributed by atoms with E-state index < -0.39 is 0 Å². The van der Waals surface area contributed by atoms with Crippen LogP contribution in [0.3, 0.4) is 0 Å². The molecule has 1 fully saturated rings. The molecule has 1 aliphatic carbocycles. The van der Waals surface area contributed by atoms with Crippen LogP contribution in [0, 0.1) is 9.39 Å². The lowest BCUT2D eigenvalue weighted by Gasteiger charge is -2.15. The van der Waals surface area contributed by atoms with Crippen LogP contribution < -0.4 is 10.6 Å². The van der Waals surface area contributed by atoms with Gasteiger partial charge in [-0.3, -0.25) is 0 Å². The van der Waals surface area contributed by atoms with Crippen molar-refractivity contribution in [3.63, 3.8) is 0 Å². The average molecular weight is 474 g/mol. The van der Waals surface area contributed by atoms with Gasteiger partial charge in [0.2, 0.25) is 5.95 Å². The Kier molecular flexibility index (Phi) is 5.52. The maximum absolute atomic E-state index is 14.3. The highest BCUT2D eigenvalue weighted by Crippen LogP contribution is 2.27. The molecule has 4 rings (SSSR count). The van der Waals surface area contributed by atoms with E-state index in [0.717, 1.165) is 27.7 Å². The molecule has 27 heavy (non-hydrogen) atoms. The molecule has 0 spiro atoms. The van der Waals surface area contributed by atoms with Crippen molar-refractivity contribution in [3.05, 3.63) is 64.0 Å². The fourth-order valence-electron chi connectivity index (χ4n) is 3.31. The Labute approximate surface area is 171 Å². The molecular formula is C21H20FIN4. The second-order valence-corrected chi connectivity index (χ2v) is 7.95. The number of anilines is 3. The van der Waals surface area contributed by atoms with Gasteiger partial charge in [0.15, 0.2) is 0 Å². The topological polar surface area (TPSA) is 49.8 Å². The van der Waals surface area contributed by atoms with E-state index in [1.54, 1.807) is 6.07 Å². The predicted molar refractivity (Wildman–Crippen MR) is 116 cm³/mol. The maximum atomic E-state index is 14.3. The van der Waals surface area contributed by atoms with Gasteiger partial charge in [0, 0.05) is 21.2 Å². The first-order chi connectivity index (χ1) is 13.2. The fourth-order valence-corrected chi connectivity index (χ4v) is 3.77. The smallest absolute Gasteiger partial charge is 0.225 e. The Morgan fingerprint density at radius 2 is 1.74 bits per heavy atom. The van der Waals surface area contributed by atoms with Crippen LogP contribution in [0.1, 0.15) is 25.7 Å². The zero-order chi connectivity index (χ0) is 18.6. The molecule has 0 bridgehead atoms. The summed E-state index contributed by atoms with van der Waals surface area (Å²) >= 11 is 2.10. The predicted octanol–water partition coefficient (Wildman–Crippen LogP) is 5.99. The summed E-state index contributed by atoms with van der Waals surface area (Å²) in [6, 6.07) is 17.3. The lowest BCUT2D eigenvalue weighted by atomic mass is 10.1. The Balaban J connectivity index is 1.68. The van der Waals surface area contributed by atoms with Crippen LogP contribution in [0.25, 0.3) is 11.3 Å². The first kappa shape index (κ1) is 18.2. The number of nitrogens with one attached hydrogen (secondary N) is 2. The van der Waals surface area contributed by atoms with E-state index in [1.165, 1.54) is 18.9 Å². The zero-order valence-electron chi connectivity index (χ0n) is 14.8. The molecule has 0 saturated heterocycles. The number of hydrogen-bond acceptors (Lipinski definition) is 4. The third-order valence-electron chi connectivity index (χ3n) is 4.68. The van der Waals surface area contributed by atoms with Crippen molar-refractivity contribution < 1.29 is 4.39 Å². The lowest BCUT2D eigenvalue weighted by Crippen LogP contribution is -2.17. The van der Waals surface area contributed by atoms with Gasteiger partial charge in [0.05, 0.1) is 11.4 Å². The molecular weight excluding hydrogens is 454 g/mol. The van der Waals surface area contributed by atoms with E-state index in [-0.39, 0.29) is 5.82 Å². The van der Waals surface area contributed by atoms with Crippen molar-refractivity contribution in [2.45, 2.75) is 31.7 Å². The monoisotopic (exact) mass is 474 g/mol. The molecule has 0 atom stereocenters. The summed E-state index contributed by atoms with van der Waals surface area (Å²) in [5, 5.41) is 6.55. The summed E-state index contributed by atoms with van der Waals surface area (Å²) in [5.74, 6) is 0.855. The molecule has 1 aromatic heterocycles. The Bertz CT molecular complexity index is 927. The summed E-state index contributed by atoms with van der Waals surface area (Å²) in [6.45, 7) is 0. The van der Waals surface area contributed by atoms with Gasteiger partial charge in [0.25, 0.3) is 0 Å². The molecule has 0 radical (unpaired) electrons. The number of aromatic nitrogens is 2. The largest absolute Gasteiger partial charge is 0.351 e. The molecule has 6 heteroatoms. The van der Waals surface area contributed by atoms with E-state index in [1.807, 2.05) is 42.5 Å². The first-order valence-electron chi connectivity index (χ1n) is 9.10. The van der Waals surface area contributed by atoms with Crippen molar-refractivity contribution in [2.75, 3.05) is 10.6 Å². The minimum Gasteiger partial charge on any atom is -0.351 e. The van der Waals surface area contributed by atoms with Gasteiger partial charge in [0.1, 0.15) is 11.6 Å². The highest BCUT2D eigenvalue weighted by atomic mass is 127. The number of rotatable bonds is 5. The van der Waals surface area contributed by atoms with Crippen LogP contribution in [0.5, 0.6) is 0 Å². The minimum absolute atomic E-state index is 0.299. The number of benzene rings is 2. The molecule has 138 valence electrons. The molecule has 3 aromatic rings. The average Bonchev–Trinajstić information content (AvgIpc) is 3.18. The summed E-state index contributed by atoms with van der Waals surface area (Å²) in [6.07, 6.45) is 4.73. The summed E-state index contributed by atoms with van der Waals surface area (Å²) in [7, 11) is 0. The number of halogens is 2. The Hall–Kier alpha value is -2.22. The summed E-state index contributed by atoms with van der Waals surface area (Å²) in [5.41, 5.74) is 2.21. The third-order valence-corrected chi connectivity index (χ3v) is 5.35. The van der Waals surface area contributed by atoms with E-state index >= 15 is 0 Å². The van der Waals surface area contributed by atoms with E-state index in [4.69, 9.17) is 0 Å². The standard InChI is InChI=1S/C21H20FIN4/c22-17-12-15(23)10-11-18(17)25-20-13-19(14-6-2-1-3-7-14)26-21(27-20)24-16-8-4-5-9-16/h1-3,6-7,10-13,16H,4-5,8-9H2,(H2,24,25,26,27). The molecule has 0 amide bonds. The van der Waals surface area contributed by atoms with Crippen molar-refractivity contribution in [2.24, 2.45) is 0 Å².